The van der Waals surface area contributed by atoms with Gasteiger partial charge < -0.3 is 14.8 Å². The molecule has 19 heavy (non-hydrogen) atoms. The fraction of sp³-hybridized carbons (Fsp3) is 0.571. The van der Waals surface area contributed by atoms with Crippen molar-refractivity contribution < 1.29 is 13.7 Å². The number of benzene rings is 1. The Morgan fingerprint density at radius 1 is 1.32 bits per heavy atom. The smallest absolute Gasteiger partial charge is 0.161 e. The van der Waals surface area contributed by atoms with E-state index in [9.17, 15) is 4.21 Å². The second kappa shape index (κ2) is 6.91. The molecule has 2 unspecified atom stereocenters. The summed E-state index contributed by atoms with van der Waals surface area (Å²) in [5.41, 5.74) is 1.09. The maximum Gasteiger partial charge on any atom is 0.161 e. The molecule has 0 fully saturated rings. The van der Waals surface area contributed by atoms with E-state index in [1.165, 1.54) is 0 Å². The Bertz CT molecular complexity index is 450. The van der Waals surface area contributed by atoms with E-state index >= 15 is 0 Å². The minimum absolute atomic E-state index is 0.0863. The quantitative estimate of drug-likeness (QED) is 0.866. The molecule has 0 saturated heterocycles. The Morgan fingerprint density at radius 3 is 2.74 bits per heavy atom. The van der Waals surface area contributed by atoms with E-state index in [-0.39, 0.29) is 6.04 Å². The van der Waals surface area contributed by atoms with Gasteiger partial charge in [0.05, 0.1) is 0 Å². The van der Waals surface area contributed by atoms with Crippen LogP contribution < -0.4 is 14.8 Å². The van der Waals surface area contributed by atoms with Gasteiger partial charge in [0.1, 0.15) is 13.2 Å². The van der Waals surface area contributed by atoms with Crippen LogP contribution in [0.2, 0.25) is 0 Å². The number of rotatable bonds is 6. The third-order valence-corrected chi connectivity index (χ3v) is 4.67. The summed E-state index contributed by atoms with van der Waals surface area (Å²) in [6.07, 6.45) is 0.949. The molecule has 1 aliphatic heterocycles. The van der Waals surface area contributed by atoms with Gasteiger partial charge in [-0.1, -0.05) is 13.0 Å². The number of hydrogen-bond donors (Lipinski definition) is 1. The lowest BCUT2D eigenvalue weighted by molar-refractivity contribution is 0.171. The average Bonchev–Trinajstić information content (AvgIpc) is 2.44. The molecular formula is C14H21NO3S. The van der Waals surface area contributed by atoms with Crippen LogP contribution in [0.15, 0.2) is 18.2 Å². The summed E-state index contributed by atoms with van der Waals surface area (Å²) in [4.78, 5) is 0. The van der Waals surface area contributed by atoms with Gasteiger partial charge in [0.25, 0.3) is 0 Å². The summed E-state index contributed by atoms with van der Waals surface area (Å²) in [5.74, 6) is 2.96. The Morgan fingerprint density at radius 2 is 2.05 bits per heavy atom. The van der Waals surface area contributed by atoms with Crippen molar-refractivity contribution in [2.24, 2.45) is 0 Å². The molecule has 1 aromatic rings. The summed E-state index contributed by atoms with van der Waals surface area (Å²) in [7, 11) is 1.11. The van der Waals surface area contributed by atoms with E-state index in [0.29, 0.717) is 19.0 Å². The molecule has 1 N–H and O–H groups in total. The van der Waals surface area contributed by atoms with Crippen molar-refractivity contribution in [3.63, 3.8) is 0 Å². The maximum absolute atomic E-state index is 11.9. The van der Waals surface area contributed by atoms with Gasteiger partial charge in [-0.15, -0.1) is 0 Å². The highest BCUT2D eigenvalue weighted by Crippen LogP contribution is 2.32. The van der Waals surface area contributed by atoms with Crippen LogP contribution in [0.1, 0.15) is 24.9 Å². The van der Waals surface area contributed by atoms with Crippen LogP contribution in [0.3, 0.4) is 0 Å². The van der Waals surface area contributed by atoms with Crippen LogP contribution >= 0.6 is 0 Å². The van der Waals surface area contributed by atoms with Crippen molar-refractivity contribution in [2.75, 3.05) is 31.8 Å². The standard InChI is InChI=1S/C14H21NO3S/c1-3-8-19(16)10-12(15-2)11-4-5-13-14(9-11)18-7-6-17-13/h4-5,9,12,15H,3,6-8,10H2,1-2H3. The first-order valence-electron chi connectivity index (χ1n) is 6.66. The molecule has 4 nitrogen and oxygen atoms in total. The highest BCUT2D eigenvalue weighted by Gasteiger charge is 2.17. The van der Waals surface area contributed by atoms with Crippen LogP contribution in [0.5, 0.6) is 11.5 Å². The van der Waals surface area contributed by atoms with E-state index in [1.807, 2.05) is 25.2 Å². The largest absolute Gasteiger partial charge is 0.486 e. The SMILES string of the molecule is CCCS(=O)CC(NC)c1ccc2c(c1)OCCO2. The monoisotopic (exact) mass is 283 g/mol. The summed E-state index contributed by atoms with van der Waals surface area (Å²) in [6.45, 7) is 3.24. The molecule has 0 aliphatic carbocycles. The molecular weight excluding hydrogens is 262 g/mol. The summed E-state index contributed by atoms with van der Waals surface area (Å²) in [6, 6.07) is 6.01. The van der Waals surface area contributed by atoms with E-state index in [0.717, 1.165) is 29.2 Å². The van der Waals surface area contributed by atoms with Crippen molar-refractivity contribution in [1.29, 1.82) is 0 Å². The predicted octanol–water partition coefficient (Wildman–Crippen LogP) is 1.88. The van der Waals surface area contributed by atoms with Crippen LogP contribution in [-0.4, -0.2) is 36.0 Å². The molecule has 106 valence electrons. The number of fused-ring (bicyclic) bond motifs is 1. The molecule has 0 radical (unpaired) electrons. The highest BCUT2D eigenvalue weighted by molar-refractivity contribution is 7.85. The van der Waals surface area contributed by atoms with Gasteiger partial charge in [-0.3, -0.25) is 4.21 Å². The topological polar surface area (TPSA) is 47.6 Å². The Labute approximate surface area is 116 Å². The van der Waals surface area contributed by atoms with Crippen LogP contribution in [0, 0.1) is 0 Å². The predicted molar refractivity (Wildman–Crippen MR) is 77.4 cm³/mol. The van der Waals surface area contributed by atoms with Gasteiger partial charge in [0.15, 0.2) is 11.5 Å². The minimum Gasteiger partial charge on any atom is -0.486 e. The zero-order valence-corrected chi connectivity index (χ0v) is 12.3. The lowest BCUT2D eigenvalue weighted by Gasteiger charge is -2.22. The number of hydrogen-bond acceptors (Lipinski definition) is 4. The minimum atomic E-state index is -0.787. The number of nitrogens with one attached hydrogen (secondary N) is 1. The average molecular weight is 283 g/mol. The van der Waals surface area contributed by atoms with Crippen LogP contribution in [0.25, 0.3) is 0 Å². The maximum atomic E-state index is 11.9. The first-order chi connectivity index (χ1) is 9.24. The van der Waals surface area contributed by atoms with Crippen LogP contribution in [0.4, 0.5) is 0 Å². The zero-order valence-electron chi connectivity index (χ0n) is 11.5. The third kappa shape index (κ3) is 3.70. The Balaban J connectivity index is 2.12. The second-order valence-electron chi connectivity index (χ2n) is 4.55. The molecule has 0 spiro atoms. The van der Waals surface area contributed by atoms with Gasteiger partial charge in [0, 0.05) is 28.3 Å². The Kier molecular flexibility index (Phi) is 5.22. The van der Waals surface area contributed by atoms with Crippen LogP contribution in [-0.2, 0) is 10.8 Å². The lowest BCUT2D eigenvalue weighted by atomic mass is 10.1. The first-order valence-corrected chi connectivity index (χ1v) is 8.15. The first kappa shape index (κ1) is 14.3. The van der Waals surface area contributed by atoms with Crippen molar-refractivity contribution in [3.05, 3.63) is 23.8 Å². The van der Waals surface area contributed by atoms with Gasteiger partial charge >= 0.3 is 0 Å². The number of ether oxygens (including phenoxy) is 2. The molecule has 1 heterocycles. The van der Waals surface area contributed by atoms with Gasteiger partial charge in [-0.25, -0.2) is 0 Å². The molecule has 0 amide bonds. The molecule has 1 aliphatic rings. The van der Waals surface area contributed by atoms with E-state index in [1.54, 1.807) is 0 Å². The fourth-order valence-corrected chi connectivity index (χ4v) is 3.47. The van der Waals surface area contributed by atoms with Gasteiger partial charge in [-0.05, 0) is 31.2 Å². The van der Waals surface area contributed by atoms with Gasteiger partial charge in [0.2, 0.25) is 0 Å². The summed E-state index contributed by atoms with van der Waals surface area (Å²) >= 11 is 0. The van der Waals surface area contributed by atoms with Gasteiger partial charge in [-0.2, -0.15) is 0 Å². The van der Waals surface area contributed by atoms with Crippen molar-refractivity contribution in [1.82, 2.24) is 5.32 Å². The molecule has 0 bridgehead atoms. The van der Waals surface area contributed by atoms with E-state index < -0.39 is 10.8 Å². The molecule has 5 heteroatoms. The lowest BCUT2D eigenvalue weighted by Crippen LogP contribution is -2.24. The van der Waals surface area contributed by atoms with Crippen molar-refractivity contribution in [3.8, 4) is 11.5 Å². The van der Waals surface area contributed by atoms with E-state index in [4.69, 9.17) is 9.47 Å². The Hall–Kier alpha value is -1.07. The molecule has 1 aromatic carbocycles. The normalized spacial score (nSPS) is 16.9. The van der Waals surface area contributed by atoms with Crippen molar-refractivity contribution in [2.45, 2.75) is 19.4 Å². The highest BCUT2D eigenvalue weighted by atomic mass is 32.2. The molecule has 2 rings (SSSR count). The molecule has 2 atom stereocenters. The second-order valence-corrected chi connectivity index (χ2v) is 6.18. The summed E-state index contributed by atoms with van der Waals surface area (Å²) < 4.78 is 23.0. The molecule has 0 saturated carbocycles. The molecule has 0 aromatic heterocycles. The van der Waals surface area contributed by atoms with Crippen molar-refractivity contribution >= 4 is 10.8 Å². The summed E-state index contributed by atoms with van der Waals surface area (Å²) in [5, 5.41) is 3.23. The van der Waals surface area contributed by atoms with E-state index in [2.05, 4.69) is 12.2 Å². The fourth-order valence-electron chi connectivity index (χ4n) is 2.12. The third-order valence-electron chi connectivity index (χ3n) is 3.10. The zero-order chi connectivity index (χ0) is 13.7.